The Morgan fingerprint density at radius 1 is 1.45 bits per heavy atom. The fraction of sp³-hybridized carbons (Fsp3) is 1.00. The zero-order valence-electron chi connectivity index (χ0n) is 6.01. The standard InChI is InChI=1S/C6H13NO4/c8-2-4(10)5-6(11)3(9)1-7-5/h3-11H,1-2H2/t3-,4-,5-,6-/m1/s1. The van der Waals surface area contributed by atoms with Crippen molar-refractivity contribution in [3.8, 4) is 0 Å². The third-order valence-electron chi connectivity index (χ3n) is 1.93. The molecular weight excluding hydrogens is 150 g/mol. The number of hydrogen-bond donors (Lipinski definition) is 5. The highest BCUT2D eigenvalue weighted by Gasteiger charge is 2.36. The minimum atomic E-state index is -1.01. The van der Waals surface area contributed by atoms with Crippen LogP contribution < -0.4 is 5.32 Å². The maximum absolute atomic E-state index is 9.18. The summed E-state index contributed by atoms with van der Waals surface area (Å²) in [4.78, 5) is 0. The monoisotopic (exact) mass is 163 g/mol. The average molecular weight is 163 g/mol. The summed E-state index contributed by atoms with van der Waals surface area (Å²) >= 11 is 0. The van der Waals surface area contributed by atoms with E-state index in [1.54, 1.807) is 0 Å². The molecule has 1 rings (SSSR count). The second-order valence-corrected chi connectivity index (χ2v) is 2.74. The summed E-state index contributed by atoms with van der Waals surface area (Å²) in [6.45, 7) is -0.162. The van der Waals surface area contributed by atoms with E-state index in [9.17, 15) is 5.11 Å². The SMILES string of the molecule is OC[C@@H](O)[C@H]1NC[C@@H](O)[C@H]1O. The summed E-state index contributed by atoms with van der Waals surface area (Å²) in [6.07, 6.45) is -2.85. The Morgan fingerprint density at radius 2 is 2.09 bits per heavy atom. The summed E-state index contributed by atoms with van der Waals surface area (Å²) in [5.41, 5.74) is 0. The summed E-state index contributed by atoms with van der Waals surface area (Å²) in [5, 5.41) is 38.5. The van der Waals surface area contributed by atoms with Gasteiger partial charge in [0.1, 0.15) is 0 Å². The molecule has 0 amide bonds. The number of rotatable bonds is 2. The molecule has 0 aliphatic carbocycles. The third-order valence-corrected chi connectivity index (χ3v) is 1.93. The predicted octanol–water partition coefficient (Wildman–Crippen LogP) is -2.97. The van der Waals surface area contributed by atoms with Crippen molar-refractivity contribution in [3.05, 3.63) is 0 Å². The Labute approximate surface area is 64.3 Å². The molecule has 1 aliphatic rings. The van der Waals surface area contributed by atoms with E-state index in [1.807, 2.05) is 0 Å². The van der Waals surface area contributed by atoms with Gasteiger partial charge >= 0.3 is 0 Å². The molecule has 5 nitrogen and oxygen atoms in total. The third kappa shape index (κ3) is 1.69. The van der Waals surface area contributed by atoms with E-state index >= 15 is 0 Å². The van der Waals surface area contributed by atoms with E-state index in [0.29, 0.717) is 0 Å². The van der Waals surface area contributed by atoms with Gasteiger partial charge in [-0.05, 0) is 0 Å². The van der Waals surface area contributed by atoms with Gasteiger partial charge < -0.3 is 25.7 Å². The van der Waals surface area contributed by atoms with Crippen LogP contribution in [0.15, 0.2) is 0 Å². The first-order chi connectivity index (χ1) is 5.16. The van der Waals surface area contributed by atoms with Gasteiger partial charge in [0, 0.05) is 6.54 Å². The molecule has 1 heterocycles. The van der Waals surface area contributed by atoms with Crippen LogP contribution in [0.25, 0.3) is 0 Å². The van der Waals surface area contributed by atoms with Gasteiger partial charge in [0.15, 0.2) is 0 Å². The topological polar surface area (TPSA) is 93.0 Å². The van der Waals surface area contributed by atoms with Crippen LogP contribution in [-0.4, -0.2) is 57.9 Å². The van der Waals surface area contributed by atoms with Gasteiger partial charge in [-0.1, -0.05) is 0 Å². The highest BCUT2D eigenvalue weighted by molar-refractivity contribution is 4.94. The van der Waals surface area contributed by atoms with E-state index in [2.05, 4.69) is 5.32 Å². The number of aliphatic hydroxyl groups excluding tert-OH is 4. The van der Waals surface area contributed by atoms with Crippen LogP contribution in [0.5, 0.6) is 0 Å². The van der Waals surface area contributed by atoms with Gasteiger partial charge in [-0.15, -0.1) is 0 Å². The zero-order chi connectivity index (χ0) is 8.43. The lowest BCUT2D eigenvalue weighted by atomic mass is 10.1. The lowest BCUT2D eigenvalue weighted by Crippen LogP contribution is -2.44. The molecule has 0 aromatic carbocycles. The van der Waals surface area contributed by atoms with Crippen LogP contribution >= 0.6 is 0 Å². The fourth-order valence-electron chi connectivity index (χ4n) is 1.21. The van der Waals surface area contributed by atoms with Gasteiger partial charge in [0.25, 0.3) is 0 Å². The summed E-state index contributed by atoms with van der Waals surface area (Å²) < 4.78 is 0. The highest BCUT2D eigenvalue weighted by Crippen LogP contribution is 2.10. The predicted molar refractivity (Wildman–Crippen MR) is 36.9 cm³/mol. The molecule has 66 valence electrons. The van der Waals surface area contributed by atoms with Crippen LogP contribution in [-0.2, 0) is 0 Å². The molecule has 0 aromatic heterocycles. The molecule has 1 aliphatic heterocycles. The van der Waals surface area contributed by atoms with Crippen molar-refractivity contribution < 1.29 is 20.4 Å². The van der Waals surface area contributed by atoms with Gasteiger partial charge in [-0.2, -0.15) is 0 Å². The lowest BCUT2D eigenvalue weighted by Gasteiger charge is -2.19. The van der Waals surface area contributed by atoms with Crippen molar-refractivity contribution >= 4 is 0 Å². The van der Waals surface area contributed by atoms with Crippen molar-refractivity contribution in [2.24, 2.45) is 0 Å². The second-order valence-electron chi connectivity index (χ2n) is 2.74. The minimum Gasteiger partial charge on any atom is -0.394 e. The summed E-state index contributed by atoms with van der Waals surface area (Å²) in [7, 11) is 0. The highest BCUT2D eigenvalue weighted by atomic mass is 16.3. The molecule has 4 atom stereocenters. The Balaban J connectivity index is 2.47. The van der Waals surface area contributed by atoms with E-state index < -0.39 is 31.0 Å². The zero-order valence-corrected chi connectivity index (χ0v) is 6.01. The number of β-amino-alcohol motifs (C(OH)–C–C–N with tert-alkyl or cyclic N) is 1. The molecule has 5 heteroatoms. The molecular formula is C6H13NO4. The van der Waals surface area contributed by atoms with Crippen molar-refractivity contribution in [1.29, 1.82) is 0 Å². The first kappa shape index (κ1) is 8.89. The Kier molecular flexibility index (Phi) is 2.80. The Bertz CT molecular complexity index is 132. The smallest absolute Gasteiger partial charge is 0.0990 e. The maximum atomic E-state index is 9.18. The summed E-state index contributed by atoms with van der Waals surface area (Å²) in [5.74, 6) is 0. The fourth-order valence-corrected chi connectivity index (χ4v) is 1.21. The number of nitrogens with one attached hydrogen (secondary N) is 1. The molecule has 1 fully saturated rings. The van der Waals surface area contributed by atoms with Gasteiger partial charge in [0.2, 0.25) is 0 Å². The molecule has 1 saturated heterocycles. The van der Waals surface area contributed by atoms with Crippen LogP contribution in [0.3, 0.4) is 0 Å². The molecule has 0 unspecified atom stereocenters. The number of aliphatic hydroxyl groups is 4. The van der Waals surface area contributed by atoms with Crippen LogP contribution in [0.4, 0.5) is 0 Å². The van der Waals surface area contributed by atoms with Crippen LogP contribution in [0.1, 0.15) is 0 Å². The first-order valence-electron chi connectivity index (χ1n) is 3.55. The van der Waals surface area contributed by atoms with E-state index in [-0.39, 0.29) is 6.54 Å². The Morgan fingerprint density at radius 3 is 2.45 bits per heavy atom. The van der Waals surface area contributed by atoms with Gasteiger partial charge in [-0.3, -0.25) is 0 Å². The lowest BCUT2D eigenvalue weighted by molar-refractivity contribution is -0.00977. The Hall–Kier alpha value is -0.200. The molecule has 0 saturated carbocycles. The minimum absolute atomic E-state index is 0.253. The van der Waals surface area contributed by atoms with Gasteiger partial charge in [-0.25, -0.2) is 0 Å². The quantitative estimate of drug-likeness (QED) is 0.300. The molecule has 0 bridgehead atoms. The molecule has 0 radical (unpaired) electrons. The van der Waals surface area contributed by atoms with Crippen molar-refractivity contribution in [2.75, 3.05) is 13.2 Å². The number of hydrogen-bond acceptors (Lipinski definition) is 5. The van der Waals surface area contributed by atoms with Crippen LogP contribution in [0.2, 0.25) is 0 Å². The first-order valence-corrected chi connectivity index (χ1v) is 3.55. The van der Waals surface area contributed by atoms with Gasteiger partial charge in [0.05, 0.1) is 31.0 Å². The second kappa shape index (κ2) is 3.46. The molecule has 11 heavy (non-hydrogen) atoms. The largest absolute Gasteiger partial charge is 0.394 e. The molecule has 0 aromatic rings. The average Bonchev–Trinajstić information content (AvgIpc) is 2.32. The van der Waals surface area contributed by atoms with E-state index in [0.717, 1.165) is 0 Å². The van der Waals surface area contributed by atoms with Crippen molar-refractivity contribution in [3.63, 3.8) is 0 Å². The van der Waals surface area contributed by atoms with E-state index in [1.165, 1.54) is 0 Å². The van der Waals surface area contributed by atoms with Crippen molar-refractivity contribution in [1.82, 2.24) is 5.32 Å². The summed E-state index contributed by atoms with van der Waals surface area (Å²) in [6, 6.07) is -0.616. The maximum Gasteiger partial charge on any atom is 0.0990 e. The normalized spacial score (nSPS) is 40.9. The molecule has 0 spiro atoms. The van der Waals surface area contributed by atoms with Crippen LogP contribution in [0, 0.1) is 0 Å². The van der Waals surface area contributed by atoms with E-state index in [4.69, 9.17) is 15.3 Å². The molecule has 5 N–H and O–H groups in total. The van der Waals surface area contributed by atoms with Crippen molar-refractivity contribution in [2.45, 2.75) is 24.4 Å².